The minimum absolute atomic E-state index is 0.0243. The van der Waals surface area contributed by atoms with E-state index < -0.39 is 0 Å². The van der Waals surface area contributed by atoms with Crippen LogP contribution in [0.2, 0.25) is 0 Å². The van der Waals surface area contributed by atoms with Gasteiger partial charge in [0.25, 0.3) is 11.8 Å². The first kappa shape index (κ1) is 51.9. The Kier molecular flexibility index (Phi) is 17.1. The van der Waals surface area contributed by atoms with Crippen LogP contribution in [-0.2, 0) is 49.8 Å². The number of allylic oxidation sites excluding steroid dienone is 1. The van der Waals surface area contributed by atoms with Crippen molar-refractivity contribution in [2.24, 2.45) is 4.99 Å². The number of amides is 2. The number of nitrogens with zero attached hydrogens (tertiary/aromatic N) is 4. The Morgan fingerprint density at radius 2 is 1.46 bits per heavy atom. The highest BCUT2D eigenvalue weighted by Crippen LogP contribution is 2.43. The smallest absolute Gasteiger partial charge is 0.305 e. The average Bonchev–Trinajstić information content (AvgIpc) is 3.91. The Labute approximate surface area is 436 Å². The number of hydrogen-bond donors (Lipinski definition) is 1. The lowest BCUT2D eigenvalue weighted by molar-refractivity contribution is -0.140. The van der Waals surface area contributed by atoms with Gasteiger partial charge in [0.05, 0.1) is 94.3 Å². The Morgan fingerprint density at radius 1 is 0.784 bits per heavy atom. The number of aliphatic imine (C=N–C) groups is 1. The highest BCUT2D eigenvalue weighted by molar-refractivity contribution is 7.99. The van der Waals surface area contributed by atoms with Gasteiger partial charge in [0.15, 0.2) is 23.0 Å². The van der Waals surface area contributed by atoms with Gasteiger partial charge in [0.2, 0.25) is 0 Å². The zero-order valence-corrected chi connectivity index (χ0v) is 43.4. The van der Waals surface area contributed by atoms with E-state index in [9.17, 15) is 14.4 Å². The van der Waals surface area contributed by atoms with Crippen LogP contribution in [0.15, 0.2) is 102 Å². The lowest BCUT2D eigenvalue weighted by Gasteiger charge is -2.29. The molecule has 0 aliphatic carbocycles. The van der Waals surface area contributed by atoms with Crippen molar-refractivity contribution in [1.29, 1.82) is 0 Å². The third-order valence-corrected chi connectivity index (χ3v) is 14.6. The first-order chi connectivity index (χ1) is 36.2. The Balaban J connectivity index is 0.996. The van der Waals surface area contributed by atoms with Gasteiger partial charge in [-0.05, 0) is 83.3 Å². The summed E-state index contributed by atoms with van der Waals surface area (Å²) in [7, 11) is 6.18. The molecule has 0 aromatic heterocycles. The first-order valence-electron chi connectivity index (χ1n) is 25.0. The maximum absolute atomic E-state index is 14.2. The summed E-state index contributed by atoms with van der Waals surface area (Å²) in [6.45, 7) is 6.60. The summed E-state index contributed by atoms with van der Waals surface area (Å²) in [5.41, 5.74) is 9.24. The molecule has 2 atom stereocenters. The molecule has 74 heavy (non-hydrogen) atoms. The topological polar surface area (TPSA) is 159 Å². The summed E-state index contributed by atoms with van der Waals surface area (Å²) in [5.74, 6) is 5.13. The second-order valence-electron chi connectivity index (χ2n) is 18.3. The molecule has 388 valence electrons. The second kappa shape index (κ2) is 24.3. The van der Waals surface area contributed by atoms with Crippen molar-refractivity contribution >= 4 is 63.9 Å². The predicted molar refractivity (Wildman–Crippen MR) is 287 cm³/mol. The molecule has 2 amide bonds. The maximum Gasteiger partial charge on any atom is 0.305 e. The fourth-order valence-corrected chi connectivity index (χ4v) is 10.7. The van der Waals surface area contributed by atoms with Gasteiger partial charge in [0, 0.05) is 74.2 Å². The van der Waals surface area contributed by atoms with Crippen molar-refractivity contribution in [3.05, 3.63) is 130 Å². The van der Waals surface area contributed by atoms with E-state index in [4.69, 9.17) is 37.9 Å². The molecule has 0 saturated heterocycles. The highest BCUT2D eigenvalue weighted by atomic mass is 32.2. The van der Waals surface area contributed by atoms with Crippen molar-refractivity contribution in [2.75, 3.05) is 107 Å². The third-order valence-electron chi connectivity index (χ3n) is 13.4. The van der Waals surface area contributed by atoms with Crippen molar-refractivity contribution in [3.63, 3.8) is 0 Å². The summed E-state index contributed by atoms with van der Waals surface area (Å²) in [5, 5.41) is 3.72. The molecule has 0 saturated carbocycles. The Morgan fingerprint density at radius 3 is 2.19 bits per heavy atom. The van der Waals surface area contributed by atoms with Gasteiger partial charge < -0.3 is 53.0 Å². The molecule has 0 spiro atoms. The molecule has 1 unspecified atom stereocenters. The molecular formula is C57H63N5O11S. The van der Waals surface area contributed by atoms with Crippen LogP contribution in [0.3, 0.4) is 0 Å². The van der Waals surface area contributed by atoms with Crippen LogP contribution in [0.25, 0.3) is 0 Å². The van der Waals surface area contributed by atoms with E-state index >= 15 is 0 Å². The molecule has 0 fully saturated rings. The minimum atomic E-state index is -0.217. The summed E-state index contributed by atoms with van der Waals surface area (Å²) in [4.78, 5) is 50.8. The largest absolute Gasteiger partial charge is 0.493 e. The molecule has 16 nitrogen and oxygen atoms in total. The van der Waals surface area contributed by atoms with Crippen LogP contribution in [-0.4, -0.2) is 122 Å². The predicted octanol–water partition coefficient (Wildman–Crippen LogP) is 8.82. The molecule has 0 bridgehead atoms. The number of thioether (sulfide) groups is 1. The van der Waals surface area contributed by atoms with E-state index in [0.29, 0.717) is 123 Å². The van der Waals surface area contributed by atoms with Crippen molar-refractivity contribution in [3.8, 4) is 23.0 Å². The second-order valence-corrected chi connectivity index (χ2v) is 19.9. The summed E-state index contributed by atoms with van der Waals surface area (Å²) < 4.78 is 46.7. The average molecular weight is 1030 g/mol. The molecule has 5 aromatic rings. The monoisotopic (exact) mass is 1030 g/mol. The van der Waals surface area contributed by atoms with Crippen LogP contribution in [0, 0.1) is 0 Å². The molecule has 4 aliphatic heterocycles. The highest BCUT2D eigenvalue weighted by Gasteiger charge is 2.38. The molecule has 1 N–H and O–H groups in total. The molecule has 17 heteroatoms. The standard InChI is InChI=1S/C57H63N5O11S/c1-37(74-22-10-15-55(63)69-5)34-60(16-17-70-20-21-71-19-18-66-2)42-24-38(35-72-53-30-47-45(28-51(53)67-3)56(64)61-43(32-58-47)26-40-11-6-8-13-49(40)61)23-39(25-42)36-73-54-31-48-46(29-52(54)68-4)57(65)62-44(33-59-48)27-41-12-7-9-14-50(41)62/h6-9,11-14,23-25,28-31,37,43,58H,10,15-22,26-27,32,34-36H2,1-5H3/t37-,43?/m0/s1. The van der Waals surface area contributed by atoms with E-state index in [0.717, 1.165) is 51.5 Å². The SMILES string of the molecule is COCCOCCOCCN(C[C@H](C)SCCCC(=O)OC)c1cc(COc2cc3c(cc2OC)C(=O)N2C(=C=N3)Cc3ccccc32)cc(COc2cc3c(cc2OC)C(=O)N2c4ccccc4CC2CN3)c1. The number of carbonyl (C=O) groups excluding carboxylic acids is 3. The number of fused-ring (bicyclic) bond motifs is 8. The van der Waals surface area contributed by atoms with E-state index in [1.807, 2.05) is 59.5 Å². The number of rotatable bonds is 25. The van der Waals surface area contributed by atoms with E-state index in [1.165, 1.54) is 7.11 Å². The Bertz CT molecular complexity index is 2920. The van der Waals surface area contributed by atoms with Crippen LogP contribution >= 0.6 is 11.8 Å². The zero-order valence-electron chi connectivity index (χ0n) is 42.6. The number of hydrogen-bond acceptors (Lipinski definition) is 15. The Hall–Kier alpha value is -7.01. The lowest BCUT2D eigenvalue weighted by Crippen LogP contribution is -2.39. The maximum atomic E-state index is 14.2. The van der Waals surface area contributed by atoms with Crippen LogP contribution in [0.1, 0.15) is 62.7 Å². The molecule has 0 radical (unpaired) electrons. The van der Waals surface area contributed by atoms with Gasteiger partial charge in [-0.3, -0.25) is 19.3 Å². The van der Waals surface area contributed by atoms with Gasteiger partial charge in [0.1, 0.15) is 13.2 Å². The minimum Gasteiger partial charge on any atom is -0.493 e. The normalized spacial score (nSPS) is 15.3. The number of benzene rings is 5. The molecule has 4 aliphatic rings. The van der Waals surface area contributed by atoms with E-state index in [-0.39, 0.29) is 42.3 Å². The lowest BCUT2D eigenvalue weighted by atomic mass is 10.1. The van der Waals surface area contributed by atoms with Crippen LogP contribution in [0.4, 0.5) is 28.4 Å². The molecule has 9 rings (SSSR count). The summed E-state index contributed by atoms with van der Waals surface area (Å²) in [6, 6.07) is 29.1. The van der Waals surface area contributed by atoms with Gasteiger partial charge in [-0.15, -0.1) is 0 Å². The quantitative estimate of drug-likeness (QED) is 0.0437. The molecule has 4 heterocycles. The van der Waals surface area contributed by atoms with Gasteiger partial charge in [-0.1, -0.05) is 43.3 Å². The zero-order chi connectivity index (χ0) is 51.6. The summed E-state index contributed by atoms with van der Waals surface area (Å²) in [6.07, 6.45) is 2.39. The van der Waals surface area contributed by atoms with Crippen LogP contribution < -0.4 is 39.0 Å². The van der Waals surface area contributed by atoms with Crippen molar-refractivity contribution < 1.29 is 52.3 Å². The van der Waals surface area contributed by atoms with Gasteiger partial charge in [-0.25, -0.2) is 4.99 Å². The van der Waals surface area contributed by atoms with Gasteiger partial charge in [-0.2, -0.15) is 11.8 Å². The molecular weight excluding hydrogens is 963 g/mol. The fourth-order valence-electron chi connectivity index (χ4n) is 9.69. The number of anilines is 4. The number of esters is 1. The number of nitrogens with one attached hydrogen (secondary N) is 1. The van der Waals surface area contributed by atoms with E-state index in [1.54, 1.807) is 56.2 Å². The number of ether oxygens (including phenoxy) is 8. The number of para-hydroxylation sites is 2. The molecule has 5 aromatic carbocycles. The first-order valence-corrected chi connectivity index (χ1v) is 26.0. The van der Waals surface area contributed by atoms with Crippen molar-refractivity contribution in [2.45, 2.75) is 57.1 Å². The number of methoxy groups -OCH3 is 4. The third kappa shape index (κ3) is 11.8. The fraction of sp³-hybridized carbons (Fsp3) is 0.386. The summed E-state index contributed by atoms with van der Waals surface area (Å²) >= 11 is 1.79. The van der Waals surface area contributed by atoms with E-state index in [2.05, 4.69) is 46.2 Å². The van der Waals surface area contributed by atoms with Gasteiger partial charge >= 0.3 is 5.97 Å². The van der Waals surface area contributed by atoms with Crippen LogP contribution in [0.5, 0.6) is 23.0 Å². The van der Waals surface area contributed by atoms with Crippen molar-refractivity contribution in [1.82, 2.24) is 0 Å². The number of carbonyl (C=O) groups is 3.